The highest BCUT2D eigenvalue weighted by atomic mass is 35.5. The minimum absolute atomic E-state index is 0.376. The van der Waals surface area contributed by atoms with Crippen molar-refractivity contribution >= 4 is 39.0 Å². The Bertz CT molecular complexity index is 633. The average Bonchev–Trinajstić information content (AvgIpc) is 2.98. The van der Waals surface area contributed by atoms with Gasteiger partial charge in [0.2, 0.25) is 5.28 Å². The molecule has 1 fully saturated rings. The van der Waals surface area contributed by atoms with Crippen molar-refractivity contribution in [1.29, 1.82) is 0 Å². The molecule has 4 nitrogen and oxygen atoms in total. The molecule has 0 spiro atoms. The lowest BCUT2D eigenvalue weighted by Gasteiger charge is -2.29. The molecule has 0 aromatic carbocycles. The van der Waals surface area contributed by atoms with E-state index < -0.39 is 0 Å². The molecule has 1 aliphatic heterocycles. The summed E-state index contributed by atoms with van der Waals surface area (Å²) in [5, 5.41) is 5.02. The molecule has 2 aromatic rings. The van der Waals surface area contributed by atoms with Gasteiger partial charge in [-0.15, -0.1) is 11.3 Å². The first kappa shape index (κ1) is 11.9. The van der Waals surface area contributed by atoms with Gasteiger partial charge >= 0.3 is 0 Å². The van der Waals surface area contributed by atoms with Crippen LogP contribution in [-0.4, -0.2) is 36.1 Å². The third kappa shape index (κ3) is 1.91. The molecule has 0 bridgehead atoms. The smallest absolute Gasteiger partial charge is 0.225 e. The number of hydrogen-bond donors (Lipinski definition) is 1. The summed E-state index contributed by atoms with van der Waals surface area (Å²) in [7, 11) is 0. The molecule has 4 rings (SSSR count). The van der Waals surface area contributed by atoms with E-state index in [1.54, 1.807) is 11.3 Å². The summed E-state index contributed by atoms with van der Waals surface area (Å²) in [5.74, 6) is 1.05. The molecule has 1 aliphatic carbocycles. The van der Waals surface area contributed by atoms with Crippen molar-refractivity contribution in [3.63, 3.8) is 0 Å². The second-order valence-electron chi connectivity index (χ2n) is 5.09. The topological polar surface area (TPSA) is 41.1 Å². The van der Waals surface area contributed by atoms with Gasteiger partial charge in [0.1, 0.15) is 10.6 Å². The van der Waals surface area contributed by atoms with E-state index in [1.807, 2.05) is 0 Å². The minimum atomic E-state index is 0.376. The van der Waals surface area contributed by atoms with Crippen LogP contribution in [0.15, 0.2) is 0 Å². The number of halogens is 1. The summed E-state index contributed by atoms with van der Waals surface area (Å²) in [6, 6.07) is 0. The van der Waals surface area contributed by atoms with Gasteiger partial charge in [0.25, 0.3) is 0 Å². The maximum absolute atomic E-state index is 6.11. The van der Waals surface area contributed by atoms with Crippen LogP contribution in [0.25, 0.3) is 10.2 Å². The molecule has 0 atom stereocenters. The van der Waals surface area contributed by atoms with Crippen LogP contribution < -0.4 is 10.2 Å². The normalized spacial score (nSPS) is 19.1. The van der Waals surface area contributed by atoms with E-state index in [9.17, 15) is 0 Å². The third-order valence-electron chi connectivity index (χ3n) is 3.93. The number of fused-ring (bicyclic) bond motifs is 3. The maximum atomic E-state index is 6.11. The maximum Gasteiger partial charge on any atom is 0.225 e. The van der Waals surface area contributed by atoms with Crippen molar-refractivity contribution in [2.45, 2.75) is 19.3 Å². The Kier molecular flexibility index (Phi) is 2.86. The lowest BCUT2D eigenvalue weighted by Crippen LogP contribution is -2.44. The van der Waals surface area contributed by atoms with E-state index in [-0.39, 0.29) is 0 Å². The molecule has 0 amide bonds. The van der Waals surface area contributed by atoms with E-state index in [0.29, 0.717) is 5.28 Å². The van der Waals surface area contributed by atoms with E-state index in [1.165, 1.54) is 35.1 Å². The molecule has 100 valence electrons. The molecule has 19 heavy (non-hydrogen) atoms. The number of anilines is 1. The average molecular weight is 295 g/mol. The van der Waals surface area contributed by atoms with Gasteiger partial charge < -0.3 is 10.2 Å². The number of hydrogen-bond acceptors (Lipinski definition) is 5. The van der Waals surface area contributed by atoms with E-state index in [4.69, 9.17) is 11.6 Å². The molecule has 0 saturated carbocycles. The first-order chi connectivity index (χ1) is 9.33. The second kappa shape index (κ2) is 4.58. The van der Waals surface area contributed by atoms with Crippen molar-refractivity contribution in [2.24, 2.45) is 0 Å². The Morgan fingerprint density at radius 2 is 2.00 bits per heavy atom. The van der Waals surface area contributed by atoms with Gasteiger partial charge in [0, 0.05) is 31.1 Å². The fourth-order valence-electron chi connectivity index (χ4n) is 3.06. The van der Waals surface area contributed by atoms with Crippen molar-refractivity contribution < 1.29 is 0 Å². The molecular weight excluding hydrogens is 280 g/mol. The summed E-state index contributed by atoms with van der Waals surface area (Å²) < 4.78 is 0. The monoisotopic (exact) mass is 294 g/mol. The fourth-order valence-corrected chi connectivity index (χ4v) is 4.53. The number of nitrogens with zero attached hydrogens (tertiary/aromatic N) is 3. The number of rotatable bonds is 1. The molecule has 1 N–H and O–H groups in total. The number of aromatic nitrogens is 2. The number of aryl methyl sites for hydroxylation is 2. The molecule has 2 aliphatic rings. The van der Waals surface area contributed by atoms with Crippen LogP contribution >= 0.6 is 22.9 Å². The van der Waals surface area contributed by atoms with Crippen molar-refractivity contribution in [2.75, 3.05) is 31.1 Å². The van der Waals surface area contributed by atoms with Gasteiger partial charge in [0.05, 0.1) is 5.39 Å². The Morgan fingerprint density at radius 1 is 1.16 bits per heavy atom. The third-order valence-corrected chi connectivity index (χ3v) is 5.29. The lowest BCUT2D eigenvalue weighted by molar-refractivity contribution is 0.586. The largest absolute Gasteiger partial charge is 0.353 e. The molecule has 0 unspecified atom stereocenters. The highest BCUT2D eigenvalue weighted by Gasteiger charge is 2.25. The van der Waals surface area contributed by atoms with Gasteiger partial charge in [-0.3, -0.25) is 0 Å². The molecule has 1 saturated heterocycles. The quantitative estimate of drug-likeness (QED) is 0.819. The highest BCUT2D eigenvalue weighted by Crippen LogP contribution is 2.41. The number of thiophene rings is 1. The zero-order chi connectivity index (χ0) is 12.8. The van der Waals surface area contributed by atoms with E-state index in [0.717, 1.165) is 36.8 Å². The molecular formula is C13H15ClN4S. The van der Waals surface area contributed by atoms with Crippen molar-refractivity contribution in [1.82, 2.24) is 15.3 Å². The molecule has 3 heterocycles. The van der Waals surface area contributed by atoms with Crippen molar-refractivity contribution in [3.05, 3.63) is 15.7 Å². The van der Waals surface area contributed by atoms with Gasteiger partial charge in [0.15, 0.2) is 0 Å². The lowest BCUT2D eigenvalue weighted by atomic mass is 10.1. The SMILES string of the molecule is Clc1nc(N2CCNCC2)c2c3c(sc2n1)CCC3. The Balaban J connectivity index is 1.92. The van der Waals surface area contributed by atoms with Crippen LogP contribution in [0.5, 0.6) is 0 Å². The molecule has 0 radical (unpaired) electrons. The standard InChI is InChI=1S/C13H15ClN4S/c14-13-16-11(18-6-4-15-5-7-18)10-8-2-1-3-9(8)19-12(10)17-13/h15H,1-7H2. The van der Waals surface area contributed by atoms with Gasteiger partial charge in [-0.05, 0) is 36.4 Å². The van der Waals surface area contributed by atoms with Crippen LogP contribution in [0.3, 0.4) is 0 Å². The summed E-state index contributed by atoms with van der Waals surface area (Å²) in [6.45, 7) is 4.00. The second-order valence-corrected chi connectivity index (χ2v) is 6.51. The van der Waals surface area contributed by atoms with Crippen LogP contribution in [-0.2, 0) is 12.8 Å². The summed E-state index contributed by atoms with van der Waals surface area (Å²) in [5.41, 5.74) is 1.48. The molecule has 6 heteroatoms. The van der Waals surface area contributed by atoms with E-state index in [2.05, 4.69) is 20.2 Å². The van der Waals surface area contributed by atoms with Crippen LogP contribution in [0.2, 0.25) is 5.28 Å². The predicted octanol–water partition coefficient (Wildman–Crippen LogP) is 2.24. The van der Waals surface area contributed by atoms with Gasteiger partial charge in [-0.2, -0.15) is 4.98 Å². The Morgan fingerprint density at radius 3 is 2.84 bits per heavy atom. The predicted molar refractivity (Wildman–Crippen MR) is 79.5 cm³/mol. The van der Waals surface area contributed by atoms with Gasteiger partial charge in [-0.25, -0.2) is 4.98 Å². The van der Waals surface area contributed by atoms with Crippen LogP contribution in [0, 0.1) is 0 Å². The minimum Gasteiger partial charge on any atom is -0.353 e. The first-order valence-electron chi connectivity index (χ1n) is 6.76. The fraction of sp³-hybridized carbons (Fsp3) is 0.538. The van der Waals surface area contributed by atoms with Gasteiger partial charge in [-0.1, -0.05) is 0 Å². The molecule has 2 aromatic heterocycles. The highest BCUT2D eigenvalue weighted by molar-refractivity contribution is 7.19. The zero-order valence-electron chi connectivity index (χ0n) is 10.6. The van der Waals surface area contributed by atoms with Crippen molar-refractivity contribution in [3.8, 4) is 0 Å². The Hall–Kier alpha value is -0.910. The summed E-state index contributed by atoms with van der Waals surface area (Å²) in [6.07, 6.45) is 3.62. The van der Waals surface area contributed by atoms with Crippen LogP contribution in [0.1, 0.15) is 16.9 Å². The number of piperazine rings is 1. The zero-order valence-corrected chi connectivity index (χ0v) is 12.2. The summed E-state index contributed by atoms with van der Waals surface area (Å²) in [4.78, 5) is 13.9. The summed E-state index contributed by atoms with van der Waals surface area (Å²) >= 11 is 7.91. The van der Waals surface area contributed by atoms with E-state index >= 15 is 0 Å². The number of nitrogens with one attached hydrogen (secondary N) is 1. The van der Waals surface area contributed by atoms with Crippen LogP contribution in [0.4, 0.5) is 5.82 Å². The first-order valence-corrected chi connectivity index (χ1v) is 7.96. The Labute approximate surface area is 120 Å².